The van der Waals surface area contributed by atoms with Crippen LogP contribution in [0, 0.1) is 5.82 Å². The van der Waals surface area contributed by atoms with E-state index in [4.69, 9.17) is 4.74 Å². The van der Waals surface area contributed by atoms with E-state index < -0.39 is 5.82 Å². The first-order valence-corrected chi connectivity index (χ1v) is 6.28. The van der Waals surface area contributed by atoms with Gasteiger partial charge in [0.05, 0.1) is 30.5 Å². The van der Waals surface area contributed by atoms with E-state index in [1.54, 1.807) is 11.9 Å². The quantitative estimate of drug-likeness (QED) is 0.882. The molecular formula is C13H18FN3O2. The van der Waals surface area contributed by atoms with E-state index in [-0.39, 0.29) is 23.6 Å². The second-order valence-electron chi connectivity index (χ2n) is 4.75. The summed E-state index contributed by atoms with van der Waals surface area (Å²) < 4.78 is 18.8. The first-order chi connectivity index (χ1) is 9.02. The number of ether oxygens (including phenoxy) is 1. The standard InChI is InChI=1S/C13H18FN3O2/c1-8-7-19-9(2)6-17(8)13(18)11-4-10(14)5-16-12(11)15-3/h4-5,8-9H,6-7H2,1-3H3,(H,15,16). The maximum atomic E-state index is 13.3. The Bertz CT molecular complexity index is 481. The normalized spacial score (nSPS) is 23.3. The Kier molecular flexibility index (Phi) is 3.99. The molecule has 0 radical (unpaired) electrons. The van der Waals surface area contributed by atoms with E-state index >= 15 is 0 Å². The Hall–Kier alpha value is -1.69. The zero-order valence-corrected chi connectivity index (χ0v) is 11.3. The number of rotatable bonds is 2. The van der Waals surface area contributed by atoms with Gasteiger partial charge in [-0.1, -0.05) is 0 Å². The van der Waals surface area contributed by atoms with Gasteiger partial charge in [-0.2, -0.15) is 0 Å². The number of anilines is 1. The average Bonchev–Trinajstić information content (AvgIpc) is 2.40. The van der Waals surface area contributed by atoms with Gasteiger partial charge in [0, 0.05) is 13.6 Å². The molecule has 0 saturated carbocycles. The van der Waals surface area contributed by atoms with Gasteiger partial charge in [-0.25, -0.2) is 9.37 Å². The van der Waals surface area contributed by atoms with Gasteiger partial charge in [0.2, 0.25) is 0 Å². The van der Waals surface area contributed by atoms with Crippen LogP contribution in [0.25, 0.3) is 0 Å². The number of morpholine rings is 1. The second kappa shape index (κ2) is 5.52. The highest BCUT2D eigenvalue weighted by molar-refractivity contribution is 5.99. The topological polar surface area (TPSA) is 54.5 Å². The first kappa shape index (κ1) is 13.7. The molecule has 2 unspecified atom stereocenters. The van der Waals surface area contributed by atoms with E-state index in [9.17, 15) is 9.18 Å². The van der Waals surface area contributed by atoms with Crippen LogP contribution >= 0.6 is 0 Å². The molecule has 2 rings (SSSR count). The third-order valence-electron chi connectivity index (χ3n) is 3.19. The van der Waals surface area contributed by atoms with Gasteiger partial charge in [0.15, 0.2) is 0 Å². The molecule has 6 heteroatoms. The van der Waals surface area contributed by atoms with Crippen molar-refractivity contribution in [2.24, 2.45) is 0 Å². The Labute approximate surface area is 111 Å². The van der Waals surface area contributed by atoms with E-state index in [2.05, 4.69) is 10.3 Å². The number of carbonyl (C=O) groups is 1. The van der Waals surface area contributed by atoms with E-state index in [0.717, 1.165) is 6.20 Å². The summed E-state index contributed by atoms with van der Waals surface area (Å²) in [6.07, 6.45) is 1.08. The SMILES string of the molecule is CNc1ncc(F)cc1C(=O)N1CC(C)OCC1C. The molecule has 0 spiro atoms. The zero-order valence-electron chi connectivity index (χ0n) is 11.3. The summed E-state index contributed by atoms with van der Waals surface area (Å²) in [5.41, 5.74) is 0.253. The van der Waals surface area contributed by atoms with Crippen LogP contribution in [0.1, 0.15) is 24.2 Å². The van der Waals surface area contributed by atoms with Crippen molar-refractivity contribution in [3.8, 4) is 0 Å². The fraction of sp³-hybridized carbons (Fsp3) is 0.538. The molecule has 2 heterocycles. The van der Waals surface area contributed by atoms with Crippen molar-refractivity contribution in [3.05, 3.63) is 23.6 Å². The molecule has 1 saturated heterocycles. The molecule has 0 bridgehead atoms. The fourth-order valence-corrected chi connectivity index (χ4v) is 2.14. The molecule has 2 atom stereocenters. The van der Waals surface area contributed by atoms with Gasteiger partial charge in [-0.15, -0.1) is 0 Å². The first-order valence-electron chi connectivity index (χ1n) is 6.28. The molecule has 1 aromatic heterocycles. The highest BCUT2D eigenvalue weighted by Crippen LogP contribution is 2.20. The van der Waals surface area contributed by atoms with Crippen LogP contribution in [-0.4, -0.2) is 48.1 Å². The van der Waals surface area contributed by atoms with E-state index in [1.807, 2.05) is 13.8 Å². The maximum absolute atomic E-state index is 13.3. The van der Waals surface area contributed by atoms with Crippen LogP contribution < -0.4 is 5.32 Å². The minimum absolute atomic E-state index is 0.0142. The lowest BCUT2D eigenvalue weighted by atomic mass is 10.1. The van der Waals surface area contributed by atoms with Gasteiger partial charge in [-0.05, 0) is 19.9 Å². The predicted octanol–water partition coefficient (Wildman–Crippen LogP) is 1.51. The summed E-state index contributed by atoms with van der Waals surface area (Å²) in [6.45, 7) is 4.81. The number of halogens is 1. The molecule has 104 valence electrons. The molecule has 0 aromatic carbocycles. The Morgan fingerprint density at radius 1 is 1.58 bits per heavy atom. The number of aromatic nitrogens is 1. The molecule has 1 fully saturated rings. The lowest BCUT2D eigenvalue weighted by Crippen LogP contribution is -2.50. The lowest BCUT2D eigenvalue weighted by molar-refractivity contribution is -0.0386. The summed E-state index contributed by atoms with van der Waals surface area (Å²) in [7, 11) is 1.66. The third-order valence-corrected chi connectivity index (χ3v) is 3.19. The molecule has 1 aliphatic heterocycles. The monoisotopic (exact) mass is 267 g/mol. The highest BCUT2D eigenvalue weighted by Gasteiger charge is 2.29. The second-order valence-corrected chi connectivity index (χ2v) is 4.75. The summed E-state index contributed by atoms with van der Waals surface area (Å²) in [5.74, 6) is -0.354. The summed E-state index contributed by atoms with van der Waals surface area (Å²) in [6, 6.07) is 1.19. The van der Waals surface area contributed by atoms with Crippen LogP contribution in [0.3, 0.4) is 0 Å². The van der Waals surface area contributed by atoms with Crippen LogP contribution in [0.15, 0.2) is 12.3 Å². The van der Waals surface area contributed by atoms with Crippen molar-refractivity contribution in [3.63, 3.8) is 0 Å². The molecule has 1 N–H and O–H groups in total. The van der Waals surface area contributed by atoms with E-state index in [1.165, 1.54) is 6.07 Å². The van der Waals surface area contributed by atoms with E-state index in [0.29, 0.717) is 19.0 Å². The lowest BCUT2D eigenvalue weighted by Gasteiger charge is -2.37. The molecule has 1 amide bonds. The van der Waals surface area contributed by atoms with Crippen molar-refractivity contribution in [2.75, 3.05) is 25.5 Å². The van der Waals surface area contributed by atoms with Crippen LogP contribution in [0.2, 0.25) is 0 Å². The number of pyridine rings is 1. The van der Waals surface area contributed by atoms with Crippen LogP contribution in [0.4, 0.5) is 10.2 Å². The molecule has 19 heavy (non-hydrogen) atoms. The molecule has 5 nitrogen and oxygen atoms in total. The largest absolute Gasteiger partial charge is 0.375 e. The zero-order chi connectivity index (χ0) is 14.0. The third kappa shape index (κ3) is 2.84. The highest BCUT2D eigenvalue weighted by atomic mass is 19.1. The number of carbonyl (C=O) groups excluding carboxylic acids is 1. The Morgan fingerprint density at radius 3 is 3.00 bits per heavy atom. The van der Waals surface area contributed by atoms with Gasteiger partial charge in [0.25, 0.3) is 5.91 Å². The maximum Gasteiger partial charge on any atom is 0.258 e. The number of nitrogens with zero attached hydrogens (tertiary/aromatic N) is 2. The smallest absolute Gasteiger partial charge is 0.258 e. The van der Waals surface area contributed by atoms with Crippen LogP contribution in [0.5, 0.6) is 0 Å². The van der Waals surface area contributed by atoms with Gasteiger partial charge < -0.3 is 15.0 Å². The Balaban J connectivity index is 2.30. The molecule has 1 aliphatic rings. The summed E-state index contributed by atoms with van der Waals surface area (Å²) in [5, 5.41) is 2.81. The minimum atomic E-state index is -0.517. The molecule has 0 aliphatic carbocycles. The summed E-state index contributed by atoms with van der Waals surface area (Å²) in [4.78, 5) is 18.1. The van der Waals surface area contributed by atoms with Crippen LogP contribution in [-0.2, 0) is 4.74 Å². The Morgan fingerprint density at radius 2 is 2.32 bits per heavy atom. The van der Waals surface area contributed by atoms with Crippen molar-refractivity contribution in [2.45, 2.75) is 26.0 Å². The minimum Gasteiger partial charge on any atom is -0.375 e. The fourth-order valence-electron chi connectivity index (χ4n) is 2.14. The number of hydrogen-bond acceptors (Lipinski definition) is 4. The number of nitrogens with one attached hydrogen (secondary N) is 1. The van der Waals surface area contributed by atoms with Crippen molar-refractivity contribution in [1.29, 1.82) is 0 Å². The van der Waals surface area contributed by atoms with Gasteiger partial charge in [0.1, 0.15) is 11.6 Å². The van der Waals surface area contributed by atoms with Gasteiger partial charge >= 0.3 is 0 Å². The van der Waals surface area contributed by atoms with Gasteiger partial charge in [-0.3, -0.25) is 4.79 Å². The predicted molar refractivity (Wildman–Crippen MR) is 69.7 cm³/mol. The average molecular weight is 267 g/mol. The molecular weight excluding hydrogens is 249 g/mol. The van der Waals surface area contributed by atoms with Crippen molar-refractivity contribution in [1.82, 2.24) is 9.88 Å². The number of amides is 1. The summed E-state index contributed by atoms with van der Waals surface area (Å²) >= 11 is 0. The van der Waals surface area contributed by atoms with Crippen molar-refractivity contribution < 1.29 is 13.9 Å². The number of hydrogen-bond donors (Lipinski definition) is 1. The molecule has 1 aromatic rings. The van der Waals surface area contributed by atoms with Crippen molar-refractivity contribution >= 4 is 11.7 Å².